The summed E-state index contributed by atoms with van der Waals surface area (Å²) in [4.78, 5) is 78.9. The van der Waals surface area contributed by atoms with Crippen molar-refractivity contribution in [3.05, 3.63) is 67.3 Å². The molecule has 2 N–H and O–H groups in total. The van der Waals surface area contributed by atoms with Crippen molar-refractivity contribution in [3.63, 3.8) is 0 Å². The van der Waals surface area contributed by atoms with Gasteiger partial charge in [-0.05, 0) is 50.2 Å². The van der Waals surface area contributed by atoms with E-state index in [1.54, 1.807) is 20.1 Å². The normalized spacial score (nSPS) is 22.6. The number of fused-ring (bicyclic) bond motifs is 1. The van der Waals surface area contributed by atoms with Gasteiger partial charge >= 0.3 is 12.0 Å². The zero-order valence-electron chi connectivity index (χ0n) is 33.0. The van der Waals surface area contributed by atoms with Gasteiger partial charge < -0.3 is 29.7 Å². The number of esters is 1. The molecule has 0 spiro atoms. The lowest BCUT2D eigenvalue weighted by molar-refractivity contribution is -0.159. The van der Waals surface area contributed by atoms with E-state index in [1.807, 2.05) is 75.4 Å². The number of hydrogen-bond donors (Lipinski definition) is 1. The number of imide groups is 1. The van der Waals surface area contributed by atoms with Crippen LogP contribution in [-0.4, -0.2) is 100 Å². The molecule has 1 aromatic heterocycles. The van der Waals surface area contributed by atoms with E-state index >= 15 is 4.79 Å². The van der Waals surface area contributed by atoms with Gasteiger partial charge in [0, 0.05) is 54.9 Å². The molecule has 3 aromatic rings. The number of methoxy groups -OCH3 is 1. The molecule has 13 nitrogen and oxygen atoms in total. The number of hydrogen-bond acceptors (Lipinski definition) is 9. The van der Waals surface area contributed by atoms with Crippen LogP contribution >= 0.6 is 0 Å². The third-order valence-corrected chi connectivity index (χ3v) is 11.3. The molecule has 5 amide bonds. The van der Waals surface area contributed by atoms with Crippen LogP contribution in [-0.2, 0) is 23.9 Å². The summed E-state index contributed by atoms with van der Waals surface area (Å²) in [6, 6.07) is 15.8. The standard InChI is InChI=1S/C43H53N5O8/c1-7-28-25-43(28,40(52)55-8-2)48(39(51)32(42(3,4)5)23-37(49)47-20-13-12-16-35(47)38(44)50)41(53)46-21-19-30(26-46)56-36-24-33(27-14-10-9-11-15-27)45-34-22-29(54-6)17-18-31(34)36/h7,9-11,14-15,17-18,22,24,28,30,32,35H,1,8,12-13,16,19-21,23,25-26H2,2-6H3,(H2,44,50)/t28?,30?,32-,35?,43?/m1/s1. The van der Waals surface area contributed by atoms with E-state index in [9.17, 15) is 19.2 Å². The van der Waals surface area contributed by atoms with Crippen molar-refractivity contribution in [1.82, 2.24) is 19.7 Å². The Hall–Kier alpha value is -5.46. The molecule has 56 heavy (non-hydrogen) atoms. The molecular weight excluding hydrogens is 714 g/mol. The Kier molecular flexibility index (Phi) is 11.7. The molecule has 3 heterocycles. The zero-order chi connectivity index (χ0) is 40.4. The van der Waals surface area contributed by atoms with Gasteiger partial charge in [-0.2, -0.15) is 0 Å². The summed E-state index contributed by atoms with van der Waals surface area (Å²) in [7, 11) is 1.60. The summed E-state index contributed by atoms with van der Waals surface area (Å²) in [5.41, 5.74) is 5.53. The number of aromatic nitrogens is 1. The molecule has 1 saturated carbocycles. The third-order valence-electron chi connectivity index (χ3n) is 11.3. The van der Waals surface area contributed by atoms with Crippen molar-refractivity contribution in [3.8, 4) is 22.8 Å². The maximum atomic E-state index is 15.0. The summed E-state index contributed by atoms with van der Waals surface area (Å²) in [6.07, 6.45) is 3.35. The van der Waals surface area contributed by atoms with Crippen molar-refractivity contribution >= 4 is 40.6 Å². The second-order valence-corrected chi connectivity index (χ2v) is 16.0. The lowest BCUT2D eigenvalue weighted by atomic mass is 9.77. The van der Waals surface area contributed by atoms with E-state index in [-0.39, 0.29) is 32.5 Å². The number of pyridine rings is 1. The van der Waals surface area contributed by atoms with Gasteiger partial charge in [0.25, 0.3) is 0 Å². The van der Waals surface area contributed by atoms with E-state index in [1.165, 1.54) is 9.80 Å². The van der Waals surface area contributed by atoms with E-state index < -0.39 is 64.7 Å². The number of likely N-dealkylation sites (tertiary alicyclic amines) is 2. The number of carbonyl (C=O) groups excluding carboxylic acids is 5. The topological polar surface area (TPSA) is 162 Å². The monoisotopic (exact) mass is 767 g/mol. The number of amides is 5. The number of nitrogens with zero attached hydrogens (tertiary/aromatic N) is 4. The Morgan fingerprint density at radius 1 is 1.05 bits per heavy atom. The fourth-order valence-corrected chi connectivity index (χ4v) is 8.07. The number of nitrogens with two attached hydrogens (primary N) is 1. The minimum Gasteiger partial charge on any atom is -0.497 e. The fourth-order valence-electron chi connectivity index (χ4n) is 8.07. The van der Waals surface area contributed by atoms with Gasteiger partial charge in [-0.25, -0.2) is 19.5 Å². The predicted octanol–water partition coefficient (Wildman–Crippen LogP) is 5.74. The quantitative estimate of drug-likeness (QED) is 0.179. The Morgan fingerprint density at radius 3 is 2.45 bits per heavy atom. The van der Waals surface area contributed by atoms with Crippen molar-refractivity contribution in [2.75, 3.05) is 33.4 Å². The van der Waals surface area contributed by atoms with E-state index in [0.717, 1.165) is 22.3 Å². The van der Waals surface area contributed by atoms with Crippen molar-refractivity contribution in [2.45, 2.75) is 83.9 Å². The number of carbonyl (C=O) groups is 5. The highest BCUT2D eigenvalue weighted by molar-refractivity contribution is 6.05. The van der Waals surface area contributed by atoms with Crippen LogP contribution in [0.5, 0.6) is 11.5 Å². The van der Waals surface area contributed by atoms with Crippen LogP contribution in [0.15, 0.2) is 67.3 Å². The largest absolute Gasteiger partial charge is 0.497 e. The number of primary amides is 1. The van der Waals surface area contributed by atoms with E-state index in [0.29, 0.717) is 48.5 Å². The van der Waals surface area contributed by atoms with E-state index in [4.69, 9.17) is 24.9 Å². The van der Waals surface area contributed by atoms with Gasteiger partial charge in [0.2, 0.25) is 17.7 Å². The van der Waals surface area contributed by atoms with Crippen LogP contribution in [0, 0.1) is 17.3 Å². The molecule has 2 aromatic carbocycles. The fraction of sp³-hybridized carbons (Fsp3) is 0.488. The zero-order valence-corrected chi connectivity index (χ0v) is 33.0. The first-order valence-electron chi connectivity index (χ1n) is 19.5. The molecule has 2 saturated heterocycles. The molecule has 13 heteroatoms. The highest BCUT2D eigenvalue weighted by atomic mass is 16.5. The number of benzene rings is 2. The number of urea groups is 1. The Morgan fingerprint density at radius 2 is 1.80 bits per heavy atom. The Labute approximate surface area is 328 Å². The van der Waals surface area contributed by atoms with E-state index in [2.05, 4.69) is 6.58 Å². The molecular formula is C43H53N5O8. The SMILES string of the molecule is C=CC1CC1(C(=O)OCC)N(C(=O)[C@@H](CC(=O)N1CCCCC1C(N)=O)C(C)(C)C)C(=O)N1CCC(Oc2cc(-c3ccccc3)nc3cc(OC)ccc23)C1. The van der Waals surface area contributed by atoms with Crippen LogP contribution < -0.4 is 15.2 Å². The molecule has 5 atom stereocenters. The van der Waals surface area contributed by atoms with Gasteiger partial charge in [-0.15, -0.1) is 6.58 Å². The first-order chi connectivity index (χ1) is 26.7. The van der Waals surface area contributed by atoms with Gasteiger partial charge in [-0.1, -0.05) is 57.2 Å². The molecule has 3 fully saturated rings. The molecule has 0 radical (unpaired) electrons. The van der Waals surface area contributed by atoms with Gasteiger partial charge in [-0.3, -0.25) is 14.4 Å². The molecule has 298 valence electrons. The number of rotatable bonds is 12. The molecule has 4 unspecified atom stereocenters. The molecule has 2 aliphatic heterocycles. The second-order valence-electron chi connectivity index (χ2n) is 16.0. The Bertz CT molecular complexity index is 2000. The number of ether oxygens (including phenoxy) is 3. The summed E-state index contributed by atoms with van der Waals surface area (Å²) in [6.45, 7) is 11.8. The van der Waals surface area contributed by atoms with Crippen molar-refractivity contribution < 1.29 is 38.2 Å². The Balaban J connectivity index is 1.31. The summed E-state index contributed by atoms with van der Waals surface area (Å²) < 4.78 is 17.6. The second kappa shape index (κ2) is 16.3. The minimum absolute atomic E-state index is 0.0433. The highest BCUT2D eigenvalue weighted by Gasteiger charge is 2.68. The highest BCUT2D eigenvalue weighted by Crippen LogP contribution is 2.52. The molecule has 1 aliphatic carbocycles. The lowest BCUT2D eigenvalue weighted by Gasteiger charge is -2.40. The van der Waals surface area contributed by atoms with Gasteiger partial charge in [0.15, 0.2) is 5.54 Å². The van der Waals surface area contributed by atoms with Crippen molar-refractivity contribution in [1.29, 1.82) is 0 Å². The van der Waals surface area contributed by atoms with Gasteiger partial charge in [0.1, 0.15) is 23.6 Å². The third kappa shape index (κ3) is 7.94. The minimum atomic E-state index is -1.62. The lowest BCUT2D eigenvalue weighted by Crippen LogP contribution is -2.60. The average molecular weight is 768 g/mol. The summed E-state index contributed by atoms with van der Waals surface area (Å²) in [5, 5.41) is 0.769. The summed E-state index contributed by atoms with van der Waals surface area (Å²) >= 11 is 0. The van der Waals surface area contributed by atoms with Crippen LogP contribution in [0.25, 0.3) is 22.2 Å². The first kappa shape index (κ1) is 40.2. The molecule has 6 rings (SSSR count). The number of piperidine rings is 1. The maximum absolute atomic E-state index is 15.0. The molecule has 0 bridgehead atoms. The van der Waals surface area contributed by atoms with Crippen LogP contribution in [0.2, 0.25) is 0 Å². The van der Waals surface area contributed by atoms with Crippen molar-refractivity contribution in [2.24, 2.45) is 23.0 Å². The molecule has 3 aliphatic rings. The average Bonchev–Trinajstić information content (AvgIpc) is 3.74. The van der Waals surface area contributed by atoms with Crippen LogP contribution in [0.4, 0.5) is 4.79 Å². The van der Waals surface area contributed by atoms with Crippen LogP contribution in [0.3, 0.4) is 0 Å². The maximum Gasteiger partial charge on any atom is 0.333 e. The first-order valence-corrected chi connectivity index (χ1v) is 19.5. The van der Waals surface area contributed by atoms with Crippen LogP contribution in [0.1, 0.15) is 66.2 Å². The van der Waals surface area contributed by atoms with Gasteiger partial charge in [0.05, 0.1) is 37.4 Å². The smallest absolute Gasteiger partial charge is 0.333 e. The predicted molar refractivity (Wildman–Crippen MR) is 210 cm³/mol. The summed E-state index contributed by atoms with van der Waals surface area (Å²) in [5.74, 6) is -2.70.